The Kier molecular flexibility index (Phi) is 8.54. The summed E-state index contributed by atoms with van der Waals surface area (Å²) in [5.41, 5.74) is 2.48. The van der Waals surface area contributed by atoms with Crippen molar-refractivity contribution in [2.24, 2.45) is 0 Å². The minimum absolute atomic E-state index is 0.153. The molecule has 1 aliphatic rings. The zero-order valence-electron chi connectivity index (χ0n) is 20.2. The number of hydrogen-bond acceptors (Lipinski definition) is 5. The van der Waals surface area contributed by atoms with Crippen LogP contribution in [0.4, 0.5) is 24.5 Å². The van der Waals surface area contributed by atoms with E-state index in [1.165, 1.54) is 4.57 Å². The summed E-state index contributed by atoms with van der Waals surface area (Å²) >= 11 is 1.62. The number of benzene rings is 2. The molecule has 0 amide bonds. The normalized spacial score (nSPS) is 18.2. The third kappa shape index (κ3) is 7.21. The fourth-order valence-electron chi connectivity index (χ4n) is 4.15. The SMILES string of the molecule is CN(C)Sc1ccc(NCC#Cc2cc3c(NC4CCS(=O)CC4)cccc3n2CC(F)(F)F)cc1. The minimum Gasteiger partial charge on any atom is -0.382 e. The van der Waals surface area contributed by atoms with E-state index in [1.54, 1.807) is 30.1 Å². The second-order valence-corrected chi connectivity index (χ2v) is 11.9. The van der Waals surface area contributed by atoms with Gasteiger partial charge in [0, 0.05) is 50.0 Å². The van der Waals surface area contributed by atoms with E-state index in [-0.39, 0.29) is 6.04 Å². The molecule has 2 aromatic carbocycles. The molecule has 0 radical (unpaired) electrons. The summed E-state index contributed by atoms with van der Waals surface area (Å²) in [7, 11) is 3.17. The van der Waals surface area contributed by atoms with E-state index in [2.05, 4.69) is 22.5 Å². The summed E-state index contributed by atoms with van der Waals surface area (Å²) in [5.74, 6) is 7.20. The Morgan fingerprint density at radius 2 is 1.86 bits per heavy atom. The molecular formula is C26H29F3N4OS2. The molecule has 1 aromatic heterocycles. The molecule has 0 unspecified atom stereocenters. The maximum atomic E-state index is 13.4. The molecule has 0 bridgehead atoms. The topological polar surface area (TPSA) is 49.3 Å². The standard InChI is InChI=1S/C26H29F3N4OS2/c1-32(2)35-22-10-8-19(9-11-22)30-14-4-5-21-17-23-24(31-20-12-15-36(34)16-13-20)6-3-7-25(23)33(21)18-26(27,28)29/h3,6-11,17,20,30-31H,12-16,18H2,1-2H3. The van der Waals surface area contributed by atoms with Crippen molar-refractivity contribution in [3.63, 3.8) is 0 Å². The molecule has 1 saturated heterocycles. The second-order valence-electron chi connectivity index (χ2n) is 8.82. The van der Waals surface area contributed by atoms with Gasteiger partial charge in [0.25, 0.3) is 0 Å². The zero-order valence-corrected chi connectivity index (χ0v) is 21.8. The molecule has 2 N–H and O–H groups in total. The van der Waals surface area contributed by atoms with Gasteiger partial charge in [-0.3, -0.25) is 8.51 Å². The highest BCUT2D eigenvalue weighted by atomic mass is 32.2. The molecule has 3 aromatic rings. The highest BCUT2D eigenvalue weighted by molar-refractivity contribution is 7.97. The van der Waals surface area contributed by atoms with Crippen LogP contribution in [0.15, 0.2) is 53.4 Å². The van der Waals surface area contributed by atoms with E-state index in [4.69, 9.17) is 0 Å². The number of anilines is 2. The van der Waals surface area contributed by atoms with Gasteiger partial charge < -0.3 is 15.2 Å². The van der Waals surface area contributed by atoms with Crippen molar-refractivity contribution in [1.82, 2.24) is 8.87 Å². The van der Waals surface area contributed by atoms with E-state index < -0.39 is 23.5 Å². The van der Waals surface area contributed by atoms with Gasteiger partial charge in [-0.05, 0) is 87.3 Å². The van der Waals surface area contributed by atoms with Crippen molar-refractivity contribution < 1.29 is 17.4 Å². The zero-order chi connectivity index (χ0) is 25.7. The van der Waals surface area contributed by atoms with E-state index >= 15 is 0 Å². The van der Waals surface area contributed by atoms with Crippen molar-refractivity contribution >= 4 is 45.0 Å². The quantitative estimate of drug-likeness (QED) is 0.307. The molecule has 1 fully saturated rings. The van der Waals surface area contributed by atoms with Gasteiger partial charge in [0.05, 0.1) is 17.8 Å². The molecule has 0 saturated carbocycles. The maximum absolute atomic E-state index is 13.4. The Morgan fingerprint density at radius 1 is 1.14 bits per heavy atom. The first-order chi connectivity index (χ1) is 17.2. The van der Waals surface area contributed by atoms with Crippen molar-refractivity contribution in [2.45, 2.75) is 36.5 Å². The lowest BCUT2D eigenvalue weighted by molar-refractivity contribution is -0.140. The Balaban J connectivity index is 1.53. The predicted molar refractivity (Wildman–Crippen MR) is 144 cm³/mol. The fourth-order valence-corrected chi connectivity index (χ4v) is 6.13. The number of nitrogens with one attached hydrogen (secondary N) is 2. The van der Waals surface area contributed by atoms with Gasteiger partial charge in [-0.1, -0.05) is 12.0 Å². The van der Waals surface area contributed by atoms with Crippen LogP contribution in [0.5, 0.6) is 0 Å². The molecular weight excluding hydrogens is 505 g/mol. The monoisotopic (exact) mass is 534 g/mol. The third-order valence-corrected chi connectivity index (χ3v) is 8.00. The molecule has 1 aliphatic heterocycles. The highest BCUT2D eigenvalue weighted by Crippen LogP contribution is 2.31. The van der Waals surface area contributed by atoms with Crippen molar-refractivity contribution in [3.8, 4) is 11.8 Å². The van der Waals surface area contributed by atoms with Crippen LogP contribution in [0.3, 0.4) is 0 Å². The fraction of sp³-hybridized carbons (Fsp3) is 0.385. The number of nitrogens with zero attached hydrogens (tertiary/aromatic N) is 2. The van der Waals surface area contributed by atoms with Crippen LogP contribution in [0.1, 0.15) is 18.5 Å². The first-order valence-electron chi connectivity index (χ1n) is 11.7. The largest absolute Gasteiger partial charge is 0.406 e. The number of aromatic nitrogens is 1. The molecule has 10 heteroatoms. The lowest BCUT2D eigenvalue weighted by Gasteiger charge is -2.24. The Morgan fingerprint density at radius 3 is 2.53 bits per heavy atom. The van der Waals surface area contributed by atoms with Gasteiger partial charge in [0.15, 0.2) is 0 Å². The lowest BCUT2D eigenvalue weighted by atomic mass is 10.1. The van der Waals surface area contributed by atoms with Crippen LogP contribution in [0.2, 0.25) is 0 Å². The summed E-state index contributed by atoms with van der Waals surface area (Å²) in [6.45, 7) is -0.803. The molecule has 5 nitrogen and oxygen atoms in total. The summed E-state index contributed by atoms with van der Waals surface area (Å²) in [5, 5.41) is 7.37. The van der Waals surface area contributed by atoms with Gasteiger partial charge >= 0.3 is 6.18 Å². The van der Waals surface area contributed by atoms with Gasteiger partial charge in [0.1, 0.15) is 6.54 Å². The van der Waals surface area contributed by atoms with E-state index in [9.17, 15) is 17.4 Å². The smallest absolute Gasteiger partial charge is 0.382 e. The van der Waals surface area contributed by atoms with Gasteiger partial charge in [-0.15, -0.1) is 0 Å². The Labute approximate surface area is 216 Å². The van der Waals surface area contributed by atoms with Gasteiger partial charge in [-0.2, -0.15) is 13.2 Å². The molecule has 192 valence electrons. The first kappa shape index (κ1) is 26.5. The summed E-state index contributed by atoms with van der Waals surface area (Å²) in [6, 6.07) is 15.1. The van der Waals surface area contributed by atoms with Crippen molar-refractivity contribution in [3.05, 3.63) is 54.2 Å². The number of halogens is 3. The van der Waals surface area contributed by atoms with E-state index in [1.807, 2.05) is 48.7 Å². The van der Waals surface area contributed by atoms with E-state index in [0.29, 0.717) is 34.6 Å². The molecule has 4 rings (SSSR count). The molecule has 0 spiro atoms. The first-order valence-corrected chi connectivity index (χ1v) is 13.9. The molecule has 36 heavy (non-hydrogen) atoms. The maximum Gasteiger partial charge on any atom is 0.406 e. The summed E-state index contributed by atoms with van der Waals surface area (Å²) in [4.78, 5) is 1.11. The number of fused-ring (bicyclic) bond motifs is 1. The van der Waals surface area contributed by atoms with E-state index in [0.717, 1.165) is 29.1 Å². The van der Waals surface area contributed by atoms with Crippen LogP contribution in [0.25, 0.3) is 10.9 Å². The van der Waals surface area contributed by atoms with Crippen LogP contribution in [-0.2, 0) is 17.3 Å². The summed E-state index contributed by atoms with van der Waals surface area (Å²) < 4.78 is 55.2. The predicted octanol–water partition coefficient (Wildman–Crippen LogP) is 5.56. The van der Waals surface area contributed by atoms with Gasteiger partial charge in [0.2, 0.25) is 0 Å². The average Bonchev–Trinajstić information content (AvgIpc) is 3.16. The molecule has 0 atom stereocenters. The summed E-state index contributed by atoms with van der Waals surface area (Å²) in [6.07, 6.45) is -2.82. The number of rotatable bonds is 7. The second kappa shape index (κ2) is 11.6. The average molecular weight is 535 g/mol. The highest BCUT2D eigenvalue weighted by Gasteiger charge is 2.30. The Hall–Kier alpha value is -2.61. The van der Waals surface area contributed by atoms with Crippen molar-refractivity contribution in [1.29, 1.82) is 0 Å². The van der Waals surface area contributed by atoms with Crippen LogP contribution in [0, 0.1) is 11.8 Å². The minimum atomic E-state index is -4.37. The van der Waals surface area contributed by atoms with Crippen molar-refractivity contribution in [2.75, 3.05) is 42.8 Å². The van der Waals surface area contributed by atoms with Crippen LogP contribution >= 0.6 is 11.9 Å². The van der Waals surface area contributed by atoms with Crippen LogP contribution in [-0.4, -0.2) is 57.4 Å². The molecule has 0 aliphatic carbocycles. The third-order valence-electron chi connectivity index (χ3n) is 5.77. The van der Waals surface area contributed by atoms with Crippen LogP contribution < -0.4 is 10.6 Å². The molecule has 2 heterocycles. The van der Waals surface area contributed by atoms with Gasteiger partial charge in [-0.25, -0.2) is 0 Å². The Bertz CT molecular complexity index is 1270. The lowest BCUT2D eigenvalue weighted by Crippen LogP contribution is -2.29. The number of hydrogen-bond donors (Lipinski definition) is 2. The number of alkyl halides is 3.